The molecule has 1 rings (SSSR count). The fraction of sp³-hybridized carbons (Fsp3) is 0.273. The SMILES string of the molecule is C/C=C(/CC)c1cc(Cl)cc(Cl)c1. The molecule has 1 aromatic carbocycles. The molecule has 0 aliphatic carbocycles. The highest BCUT2D eigenvalue weighted by atomic mass is 35.5. The molecule has 1 aromatic rings. The zero-order valence-electron chi connectivity index (χ0n) is 7.77. The molecule has 2 heteroatoms. The molecule has 0 unspecified atom stereocenters. The normalized spacial score (nSPS) is 11.8. The molecule has 0 nitrogen and oxygen atoms in total. The molecule has 70 valence electrons. The molecule has 0 saturated carbocycles. The van der Waals surface area contributed by atoms with Gasteiger partial charge in [0.25, 0.3) is 0 Å². The maximum Gasteiger partial charge on any atom is 0.0426 e. The van der Waals surface area contributed by atoms with Crippen molar-refractivity contribution in [1.82, 2.24) is 0 Å². The van der Waals surface area contributed by atoms with Gasteiger partial charge < -0.3 is 0 Å². The second-order valence-corrected chi connectivity index (χ2v) is 3.70. The van der Waals surface area contributed by atoms with Gasteiger partial charge in [-0.05, 0) is 42.7 Å². The fourth-order valence-electron chi connectivity index (χ4n) is 1.31. The van der Waals surface area contributed by atoms with Gasteiger partial charge in [-0.25, -0.2) is 0 Å². The Labute approximate surface area is 89.2 Å². The molecular formula is C11H12Cl2. The molecule has 0 spiro atoms. The number of allylic oxidation sites excluding steroid dienone is 2. The Kier molecular flexibility index (Phi) is 3.83. The smallest absolute Gasteiger partial charge is 0.0426 e. The minimum Gasteiger partial charge on any atom is -0.0843 e. The summed E-state index contributed by atoms with van der Waals surface area (Å²) >= 11 is 11.8. The minimum atomic E-state index is 0.690. The highest BCUT2D eigenvalue weighted by molar-refractivity contribution is 6.34. The largest absolute Gasteiger partial charge is 0.0843 e. The summed E-state index contributed by atoms with van der Waals surface area (Å²) in [5.74, 6) is 0. The summed E-state index contributed by atoms with van der Waals surface area (Å²) in [5.41, 5.74) is 2.38. The Balaban J connectivity index is 3.14. The fourth-order valence-corrected chi connectivity index (χ4v) is 1.84. The van der Waals surface area contributed by atoms with E-state index >= 15 is 0 Å². The molecule has 0 aromatic heterocycles. The summed E-state index contributed by atoms with van der Waals surface area (Å²) in [6.45, 7) is 4.14. The maximum atomic E-state index is 5.90. The first-order valence-corrected chi connectivity index (χ1v) is 5.04. The zero-order chi connectivity index (χ0) is 9.84. The molecular weight excluding hydrogens is 203 g/mol. The molecule has 0 N–H and O–H groups in total. The van der Waals surface area contributed by atoms with Gasteiger partial charge >= 0.3 is 0 Å². The van der Waals surface area contributed by atoms with Crippen molar-refractivity contribution in [3.63, 3.8) is 0 Å². The van der Waals surface area contributed by atoms with E-state index in [1.54, 1.807) is 6.07 Å². The Bertz CT molecular complexity index is 307. The topological polar surface area (TPSA) is 0 Å². The average molecular weight is 215 g/mol. The van der Waals surface area contributed by atoms with E-state index in [-0.39, 0.29) is 0 Å². The molecule has 0 heterocycles. The average Bonchev–Trinajstić information content (AvgIpc) is 2.04. The molecule has 0 aliphatic heterocycles. The van der Waals surface area contributed by atoms with Crippen molar-refractivity contribution in [2.24, 2.45) is 0 Å². The van der Waals surface area contributed by atoms with Crippen LogP contribution in [0.5, 0.6) is 0 Å². The van der Waals surface area contributed by atoms with Crippen LogP contribution in [0.4, 0.5) is 0 Å². The van der Waals surface area contributed by atoms with Crippen LogP contribution in [0.15, 0.2) is 24.3 Å². The van der Waals surface area contributed by atoms with Crippen molar-refractivity contribution >= 4 is 28.8 Å². The third-order valence-corrected chi connectivity index (χ3v) is 2.40. The number of halogens is 2. The lowest BCUT2D eigenvalue weighted by Crippen LogP contribution is -1.82. The quantitative estimate of drug-likeness (QED) is 0.664. The van der Waals surface area contributed by atoms with E-state index in [9.17, 15) is 0 Å². The van der Waals surface area contributed by atoms with Gasteiger partial charge in [-0.3, -0.25) is 0 Å². The van der Waals surface area contributed by atoms with Crippen LogP contribution >= 0.6 is 23.2 Å². The van der Waals surface area contributed by atoms with Crippen molar-refractivity contribution in [1.29, 1.82) is 0 Å². The predicted octanol–water partition coefficient (Wildman–Crippen LogP) is 4.81. The number of benzene rings is 1. The Morgan fingerprint density at radius 3 is 2.15 bits per heavy atom. The molecule has 0 aliphatic rings. The first-order valence-electron chi connectivity index (χ1n) is 4.29. The minimum absolute atomic E-state index is 0.690. The van der Waals surface area contributed by atoms with Crippen LogP contribution in [-0.2, 0) is 0 Å². The zero-order valence-corrected chi connectivity index (χ0v) is 9.28. The number of hydrogen-bond acceptors (Lipinski definition) is 0. The van der Waals surface area contributed by atoms with Gasteiger partial charge in [-0.15, -0.1) is 0 Å². The predicted molar refractivity (Wildman–Crippen MR) is 60.4 cm³/mol. The maximum absolute atomic E-state index is 5.90. The molecule has 0 saturated heterocycles. The van der Waals surface area contributed by atoms with Crippen LogP contribution in [0.1, 0.15) is 25.8 Å². The summed E-state index contributed by atoms with van der Waals surface area (Å²) in [6.07, 6.45) is 3.08. The van der Waals surface area contributed by atoms with Crippen LogP contribution in [0, 0.1) is 0 Å². The van der Waals surface area contributed by atoms with Crippen molar-refractivity contribution in [2.45, 2.75) is 20.3 Å². The van der Waals surface area contributed by atoms with E-state index in [1.807, 2.05) is 19.1 Å². The Morgan fingerprint density at radius 1 is 1.23 bits per heavy atom. The van der Waals surface area contributed by atoms with Crippen LogP contribution in [-0.4, -0.2) is 0 Å². The van der Waals surface area contributed by atoms with E-state index in [0.29, 0.717) is 10.0 Å². The van der Waals surface area contributed by atoms with Gasteiger partial charge in [0.05, 0.1) is 0 Å². The van der Waals surface area contributed by atoms with E-state index in [1.165, 1.54) is 5.57 Å². The lowest BCUT2D eigenvalue weighted by Gasteiger charge is -2.05. The summed E-state index contributed by atoms with van der Waals surface area (Å²) in [5, 5.41) is 1.38. The van der Waals surface area contributed by atoms with E-state index in [4.69, 9.17) is 23.2 Å². The molecule has 13 heavy (non-hydrogen) atoms. The standard InChI is InChI=1S/C11H12Cl2/c1-3-8(4-2)9-5-10(12)7-11(13)6-9/h3,5-7H,4H2,1-2H3/b8-3-. The van der Waals surface area contributed by atoms with Crippen LogP contribution < -0.4 is 0 Å². The number of hydrogen-bond donors (Lipinski definition) is 0. The Hall–Kier alpha value is -0.460. The van der Waals surface area contributed by atoms with Crippen molar-refractivity contribution in [3.8, 4) is 0 Å². The monoisotopic (exact) mass is 214 g/mol. The van der Waals surface area contributed by atoms with Crippen molar-refractivity contribution < 1.29 is 0 Å². The van der Waals surface area contributed by atoms with E-state index in [0.717, 1.165) is 12.0 Å². The van der Waals surface area contributed by atoms with Gasteiger partial charge in [0.2, 0.25) is 0 Å². The summed E-state index contributed by atoms with van der Waals surface area (Å²) in [7, 11) is 0. The molecule has 0 fully saturated rings. The highest BCUT2D eigenvalue weighted by Crippen LogP contribution is 2.25. The Morgan fingerprint density at radius 2 is 1.77 bits per heavy atom. The second kappa shape index (κ2) is 4.69. The van der Waals surface area contributed by atoms with Crippen LogP contribution in [0.25, 0.3) is 5.57 Å². The van der Waals surface area contributed by atoms with Crippen molar-refractivity contribution in [2.75, 3.05) is 0 Å². The van der Waals surface area contributed by atoms with Gasteiger partial charge in [0.1, 0.15) is 0 Å². The lowest BCUT2D eigenvalue weighted by molar-refractivity contribution is 1.23. The van der Waals surface area contributed by atoms with Gasteiger partial charge in [-0.2, -0.15) is 0 Å². The van der Waals surface area contributed by atoms with Crippen LogP contribution in [0.3, 0.4) is 0 Å². The van der Waals surface area contributed by atoms with E-state index < -0.39 is 0 Å². The van der Waals surface area contributed by atoms with Crippen LogP contribution in [0.2, 0.25) is 10.0 Å². The van der Waals surface area contributed by atoms with Gasteiger partial charge in [0.15, 0.2) is 0 Å². The third kappa shape index (κ3) is 2.75. The summed E-state index contributed by atoms with van der Waals surface area (Å²) in [6, 6.07) is 5.62. The number of rotatable bonds is 2. The molecule has 0 amide bonds. The third-order valence-electron chi connectivity index (χ3n) is 1.96. The highest BCUT2D eigenvalue weighted by Gasteiger charge is 2.01. The lowest BCUT2D eigenvalue weighted by atomic mass is 10.0. The molecule has 0 atom stereocenters. The van der Waals surface area contributed by atoms with Gasteiger partial charge in [0, 0.05) is 10.0 Å². The second-order valence-electron chi connectivity index (χ2n) is 2.83. The molecule has 0 bridgehead atoms. The summed E-state index contributed by atoms with van der Waals surface area (Å²) in [4.78, 5) is 0. The molecule has 0 radical (unpaired) electrons. The first kappa shape index (κ1) is 10.6. The van der Waals surface area contributed by atoms with E-state index in [2.05, 4.69) is 13.0 Å². The van der Waals surface area contributed by atoms with Crippen molar-refractivity contribution in [3.05, 3.63) is 39.9 Å². The van der Waals surface area contributed by atoms with Gasteiger partial charge in [-0.1, -0.05) is 36.2 Å². The first-order chi connectivity index (χ1) is 6.17. The summed E-state index contributed by atoms with van der Waals surface area (Å²) < 4.78 is 0.